The van der Waals surface area contributed by atoms with Crippen molar-refractivity contribution in [2.75, 3.05) is 13.7 Å². The number of aliphatic hydroxyl groups excluding tert-OH is 1. The average molecular weight is 206 g/mol. The van der Waals surface area contributed by atoms with Crippen LogP contribution in [0.5, 0.6) is 5.75 Å². The van der Waals surface area contributed by atoms with Crippen molar-refractivity contribution in [3.8, 4) is 5.75 Å². The zero-order chi connectivity index (χ0) is 11.1. The quantitative estimate of drug-likeness (QED) is 0.750. The van der Waals surface area contributed by atoms with Crippen LogP contribution < -0.4 is 4.74 Å². The van der Waals surface area contributed by atoms with Gasteiger partial charge in [0.25, 0.3) is 0 Å². The predicted molar refractivity (Wildman–Crippen MR) is 62.2 cm³/mol. The molecule has 0 aromatic heterocycles. The lowest BCUT2D eigenvalue weighted by molar-refractivity contribution is 0.331. The lowest BCUT2D eigenvalue weighted by atomic mass is 10.1. The molecule has 0 amide bonds. The van der Waals surface area contributed by atoms with Gasteiger partial charge in [0.2, 0.25) is 0 Å². The van der Waals surface area contributed by atoms with Gasteiger partial charge in [-0.25, -0.2) is 0 Å². The van der Waals surface area contributed by atoms with Gasteiger partial charge in [-0.1, -0.05) is 23.8 Å². The standard InChI is InChI=1S/C13H18O2/c1-11(10-14)4-3-5-12-6-8-13(15-2)9-7-12/h4,6-9,14H,3,5,10H2,1-2H3/b11-4+. The predicted octanol–water partition coefficient (Wildman–Crippen LogP) is 2.57. The van der Waals surface area contributed by atoms with Crippen LogP contribution in [0.1, 0.15) is 18.9 Å². The van der Waals surface area contributed by atoms with E-state index in [1.54, 1.807) is 7.11 Å². The van der Waals surface area contributed by atoms with Crippen molar-refractivity contribution < 1.29 is 9.84 Å². The molecule has 0 saturated carbocycles. The summed E-state index contributed by atoms with van der Waals surface area (Å²) in [6.07, 6.45) is 4.05. The van der Waals surface area contributed by atoms with Gasteiger partial charge in [0.1, 0.15) is 5.75 Å². The van der Waals surface area contributed by atoms with E-state index in [1.165, 1.54) is 5.56 Å². The van der Waals surface area contributed by atoms with Crippen molar-refractivity contribution in [2.24, 2.45) is 0 Å². The molecular formula is C13H18O2. The molecule has 2 heteroatoms. The molecule has 0 fully saturated rings. The summed E-state index contributed by atoms with van der Waals surface area (Å²) in [5.41, 5.74) is 2.32. The molecule has 15 heavy (non-hydrogen) atoms. The topological polar surface area (TPSA) is 29.5 Å². The van der Waals surface area contributed by atoms with Gasteiger partial charge in [-0.3, -0.25) is 0 Å². The van der Waals surface area contributed by atoms with Gasteiger partial charge in [0, 0.05) is 0 Å². The number of hydrogen-bond acceptors (Lipinski definition) is 2. The Morgan fingerprint density at radius 3 is 2.53 bits per heavy atom. The highest BCUT2D eigenvalue weighted by atomic mass is 16.5. The molecule has 0 aliphatic rings. The maximum Gasteiger partial charge on any atom is 0.118 e. The molecule has 0 heterocycles. The van der Waals surface area contributed by atoms with Gasteiger partial charge in [0.05, 0.1) is 13.7 Å². The molecule has 2 nitrogen and oxygen atoms in total. The third-order valence-electron chi connectivity index (χ3n) is 2.33. The molecule has 0 atom stereocenters. The van der Waals surface area contributed by atoms with Crippen molar-refractivity contribution >= 4 is 0 Å². The van der Waals surface area contributed by atoms with Crippen molar-refractivity contribution in [2.45, 2.75) is 19.8 Å². The minimum Gasteiger partial charge on any atom is -0.497 e. The Morgan fingerprint density at radius 1 is 1.33 bits per heavy atom. The first kappa shape index (κ1) is 11.8. The second-order valence-corrected chi connectivity index (χ2v) is 3.60. The van der Waals surface area contributed by atoms with Crippen LogP contribution in [0.3, 0.4) is 0 Å². The molecular weight excluding hydrogens is 188 g/mol. The molecule has 82 valence electrons. The van der Waals surface area contributed by atoms with Gasteiger partial charge in [-0.2, -0.15) is 0 Å². The summed E-state index contributed by atoms with van der Waals surface area (Å²) in [5.74, 6) is 0.890. The normalized spacial score (nSPS) is 11.5. The lowest BCUT2D eigenvalue weighted by Gasteiger charge is -2.02. The monoisotopic (exact) mass is 206 g/mol. The molecule has 0 aliphatic heterocycles. The van der Waals surface area contributed by atoms with E-state index in [4.69, 9.17) is 9.84 Å². The van der Waals surface area contributed by atoms with E-state index in [0.29, 0.717) is 0 Å². The van der Waals surface area contributed by atoms with E-state index in [9.17, 15) is 0 Å². The van der Waals surface area contributed by atoms with Crippen molar-refractivity contribution in [3.05, 3.63) is 41.5 Å². The maximum absolute atomic E-state index is 8.82. The average Bonchev–Trinajstić information content (AvgIpc) is 2.29. The number of benzene rings is 1. The third kappa shape index (κ3) is 4.17. The van der Waals surface area contributed by atoms with E-state index < -0.39 is 0 Å². The number of aliphatic hydroxyl groups is 1. The molecule has 1 rings (SSSR count). The Morgan fingerprint density at radius 2 is 2.00 bits per heavy atom. The first-order valence-corrected chi connectivity index (χ1v) is 5.15. The Labute approximate surface area is 91.2 Å². The molecule has 0 bridgehead atoms. The Hall–Kier alpha value is -1.28. The number of ether oxygens (including phenoxy) is 1. The summed E-state index contributed by atoms with van der Waals surface area (Å²) >= 11 is 0. The fourth-order valence-electron chi connectivity index (χ4n) is 1.34. The molecule has 1 N–H and O–H groups in total. The Bertz CT molecular complexity index is 312. The van der Waals surface area contributed by atoms with Crippen LogP contribution in [-0.4, -0.2) is 18.8 Å². The van der Waals surface area contributed by atoms with E-state index in [1.807, 2.05) is 19.1 Å². The summed E-state index contributed by atoms with van der Waals surface area (Å²) in [5, 5.41) is 8.82. The Balaban J connectivity index is 2.44. The molecule has 0 saturated heterocycles. The highest BCUT2D eigenvalue weighted by molar-refractivity contribution is 5.27. The summed E-state index contributed by atoms with van der Waals surface area (Å²) in [7, 11) is 1.67. The zero-order valence-electron chi connectivity index (χ0n) is 9.36. The summed E-state index contributed by atoms with van der Waals surface area (Å²) < 4.78 is 5.08. The molecule has 0 radical (unpaired) electrons. The number of allylic oxidation sites excluding steroid dienone is 1. The summed E-state index contributed by atoms with van der Waals surface area (Å²) in [4.78, 5) is 0. The number of aryl methyl sites for hydroxylation is 1. The van der Waals surface area contributed by atoms with Crippen LogP contribution in [-0.2, 0) is 6.42 Å². The minimum absolute atomic E-state index is 0.155. The first-order valence-electron chi connectivity index (χ1n) is 5.15. The van der Waals surface area contributed by atoms with Gasteiger partial charge in [-0.05, 0) is 37.5 Å². The molecule has 0 unspecified atom stereocenters. The van der Waals surface area contributed by atoms with Crippen LogP contribution in [0, 0.1) is 0 Å². The fraction of sp³-hybridized carbons (Fsp3) is 0.385. The maximum atomic E-state index is 8.82. The zero-order valence-corrected chi connectivity index (χ0v) is 9.36. The van der Waals surface area contributed by atoms with E-state index in [2.05, 4.69) is 18.2 Å². The van der Waals surface area contributed by atoms with Crippen LogP contribution in [0.25, 0.3) is 0 Å². The van der Waals surface area contributed by atoms with Crippen LogP contribution >= 0.6 is 0 Å². The van der Waals surface area contributed by atoms with Crippen molar-refractivity contribution in [1.29, 1.82) is 0 Å². The minimum atomic E-state index is 0.155. The van der Waals surface area contributed by atoms with Gasteiger partial charge >= 0.3 is 0 Å². The summed E-state index contributed by atoms with van der Waals surface area (Å²) in [6.45, 7) is 2.09. The molecule has 0 aliphatic carbocycles. The van der Waals surface area contributed by atoms with E-state index in [-0.39, 0.29) is 6.61 Å². The lowest BCUT2D eigenvalue weighted by Crippen LogP contribution is -1.88. The largest absolute Gasteiger partial charge is 0.497 e. The highest BCUT2D eigenvalue weighted by Gasteiger charge is 1.93. The fourth-order valence-corrected chi connectivity index (χ4v) is 1.34. The van der Waals surface area contributed by atoms with Crippen LogP contribution in [0.2, 0.25) is 0 Å². The second-order valence-electron chi connectivity index (χ2n) is 3.60. The highest BCUT2D eigenvalue weighted by Crippen LogP contribution is 2.12. The SMILES string of the molecule is COc1ccc(CC/C=C(\C)CO)cc1. The third-order valence-corrected chi connectivity index (χ3v) is 2.33. The van der Waals surface area contributed by atoms with Gasteiger partial charge in [0.15, 0.2) is 0 Å². The first-order chi connectivity index (χ1) is 7.26. The van der Waals surface area contributed by atoms with Gasteiger partial charge < -0.3 is 9.84 Å². The van der Waals surface area contributed by atoms with E-state index in [0.717, 1.165) is 24.2 Å². The molecule has 1 aromatic rings. The van der Waals surface area contributed by atoms with Crippen LogP contribution in [0.15, 0.2) is 35.9 Å². The van der Waals surface area contributed by atoms with Crippen molar-refractivity contribution in [3.63, 3.8) is 0 Å². The molecule has 1 aromatic carbocycles. The van der Waals surface area contributed by atoms with Gasteiger partial charge in [-0.15, -0.1) is 0 Å². The smallest absolute Gasteiger partial charge is 0.118 e. The summed E-state index contributed by atoms with van der Waals surface area (Å²) in [6, 6.07) is 8.08. The van der Waals surface area contributed by atoms with Crippen molar-refractivity contribution in [1.82, 2.24) is 0 Å². The number of rotatable bonds is 5. The second kappa shape index (κ2) is 6.25. The van der Waals surface area contributed by atoms with E-state index >= 15 is 0 Å². The van der Waals surface area contributed by atoms with Crippen LogP contribution in [0.4, 0.5) is 0 Å². The number of hydrogen-bond donors (Lipinski definition) is 1. The number of methoxy groups -OCH3 is 1. The molecule has 0 spiro atoms. The Kier molecular flexibility index (Phi) is 4.91.